The molecule has 1 saturated carbocycles. The van der Waals surface area contributed by atoms with Crippen LogP contribution >= 0.6 is 0 Å². The maximum absolute atomic E-state index is 6.48. The van der Waals surface area contributed by atoms with Crippen LogP contribution in [0, 0.1) is 11.8 Å². The van der Waals surface area contributed by atoms with Crippen molar-refractivity contribution in [1.82, 2.24) is 5.32 Å². The second kappa shape index (κ2) is 6.38. The lowest BCUT2D eigenvalue weighted by atomic mass is 9.81. The van der Waals surface area contributed by atoms with Crippen molar-refractivity contribution < 1.29 is 4.74 Å². The fourth-order valence-electron chi connectivity index (χ4n) is 3.70. The van der Waals surface area contributed by atoms with Gasteiger partial charge in [0.15, 0.2) is 0 Å². The summed E-state index contributed by atoms with van der Waals surface area (Å²) in [5.74, 6) is 1.70. The minimum Gasteiger partial charge on any atom is -0.372 e. The maximum Gasteiger partial charge on any atom is 0.0659 e. The largest absolute Gasteiger partial charge is 0.372 e. The summed E-state index contributed by atoms with van der Waals surface area (Å²) in [4.78, 5) is 0. The smallest absolute Gasteiger partial charge is 0.0659 e. The van der Waals surface area contributed by atoms with E-state index in [-0.39, 0.29) is 5.60 Å². The highest BCUT2D eigenvalue weighted by Crippen LogP contribution is 2.35. The van der Waals surface area contributed by atoms with Crippen LogP contribution in [0.25, 0.3) is 0 Å². The van der Waals surface area contributed by atoms with Gasteiger partial charge in [-0.25, -0.2) is 0 Å². The van der Waals surface area contributed by atoms with Gasteiger partial charge in [0.25, 0.3) is 0 Å². The molecule has 0 amide bonds. The Morgan fingerprint density at radius 2 is 1.61 bits per heavy atom. The molecule has 0 atom stereocenters. The molecule has 0 aromatic carbocycles. The fourth-order valence-corrected chi connectivity index (χ4v) is 3.70. The topological polar surface area (TPSA) is 21.3 Å². The molecule has 0 spiro atoms. The standard InChI is InChI=1S/C16H31NO/c1-4-13-5-7-15(8-6-13)18-16(2,3)14-9-11-17-12-10-14/h13-15,17H,4-12H2,1-3H3. The molecule has 0 aromatic rings. The summed E-state index contributed by atoms with van der Waals surface area (Å²) in [6, 6.07) is 0. The Labute approximate surface area is 113 Å². The monoisotopic (exact) mass is 253 g/mol. The van der Waals surface area contributed by atoms with Crippen LogP contribution in [-0.2, 0) is 4.74 Å². The zero-order chi connectivity index (χ0) is 13.0. The molecular formula is C16H31NO. The zero-order valence-electron chi connectivity index (χ0n) is 12.5. The van der Waals surface area contributed by atoms with Crippen molar-refractivity contribution >= 4 is 0 Å². The number of hydrogen-bond donors (Lipinski definition) is 1. The Balaban J connectivity index is 1.80. The molecule has 2 rings (SSSR count). The van der Waals surface area contributed by atoms with Crippen molar-refractivity contribution in [2.45, 2.75) is 77.4 Å². The van der Waals surface area contributed by atoms with E-state index >= 15 is 0 Å². The van der Waals surface area contributed by atoms with Crippen LogP contribution in [0.5, 0.6) is 0 Å². The average molecular weight is 253 g/mol. The number of rotatable bonds is 4. The Kier molecular flexibility index (Phi) is 5.08. The summed E-state index contributed by atoms with van der Waals surface area (Å²) in [6.45, 7) is 9.29. The summed E-state index contributed by atoms with van der Waals surface area (Å²) in [5.41, 5.74) is 0.0752. The van der Waals surface area contributed by atoms with E-state index in [2.05, 4.69) is 26.1 Å². The number of piperidine rings is 1. The van der Waals surface area contributed by atoms with Crippen LogP contribution in [0.4, 0.5) is 0 Å². The molecule has 1 aliphatic heterocycles. The Hall–Kier alpha value is -0.0800. The highest BCUT2D eigenvalue weighted by Gasteiger charge is 2.34. The second-order valence-corrected chi connectivity index (χ2v) is 6.80. The van der Waals surface area contributed by atoms with Gasteiger partial charge in [0.1, 0.15) is 0 Å². The summed E-state index contributed by atoms with van der Waals surface area (Å²) >= 11 is 0. The van der Waals surface area contributed by atoms with E-state index in [1.165, 1.54) is 58.0 Å². The maximum atomic E-state index is 6.48. The van der Waals surface area contributed by atoms with Gasteiger partial charge in [-0.3, -0.25) is 0 Å². The van der Waals surface area contributed by atoms with Crippen LogP contribution in [0.15, 0.2) is 0 Å². The number of hydrogen-bond acceptors (Lipinski definition) is 2. The van der Waals surface area contributed by atoms with Crippen molar-refractivity contribution in [3.05, 3.63) is 0 Å². The minimum atomic E-state index is 0.0752. The minimum absolute atomic E-state index is 0.0752. The normalized spacial score (nSPS) is 31.5. The third-order valence-electron chi connectivity index (χ3n) is 5.16. The molecule has 0 unspecified atom stereocenters. The van der Waals surface area contributed by atoms with Crippen LogP contribution in [0.1, 0.15) is 65.7 Å². The van der Waals surface area contributed by atoms with Gasteiger partial charge >= 0.3 is 0 Å². The lowest BCUT2D eigenvalue weighted by Gasteiger charge is -2.41. The van der Waals surface area contributed by atoms with E-state index in [0.717, 1.165) is 11.8 Å². The molecule has 1 saturated heterocycles. The zero-order valence-corrected chi connectivity index (χ0v) is 12.5. The van der Waals surface area contributed by atoms with Crippen LogP contribution in [-0.4, -0.2) is 24.8 Å². The fraction of sp³-hybridized carbons (Fsp3) is 1.00. The molecule has 2 aliphatic rings. The Bertz CT molecular complexity index is 237. The Morgan fingerprint density at radius 3 is 2.17 bits per heavy atom. The molecule has 1 N–H and O–H groups in total. The van der Waals surface area contributed by atoms with Crippen molar-refractivity contribution in [3.8, 4) is 0 Å². The lowest BCUT2D eigenvalue weighted by molar-refractivity contribution is -0.124. The molecule has 0 bridgehead atoms. The van der Waals surface area contributed by atoms with E-state index in [4.69, 9.17) is 4.74 Å². The summed E-state index contributed by atoms with van der Waals surface area (Å²) in [7, 11) is 0. The first kappa shape index (κ1) is 14.3. The SMILES string of the molecule is CCC1CCC(OC(C)(C)C2CCNCC2)CC1. The average Bonchev–Trinajstić information content (AvgIpc) is 2.40. The van der Waals surface area contributed by atoms with Crippen molar-refractivity contribution in [2.24, 2.45) is 11.8 Å². The molecular weight excluding hydrogens is 222 g/mol. The predicted octanol–water partition coefficient (Wildman–Crippen LogP) is 3.75. The second-order valence-electron chi connectivity index (χ2n) is 6.80. The lowest BCUT2D eigenvalue weighted by Crippen LogP contribution is -2.44. The molecule has 2 nitrogen and oxygen atoms in total. The molecule has 2 heteroatoms. The number of nitrogens with one attached hydrogen (secondary N) is 1. The molecule has 1 heterocycles. The van der Waals surface area contributed by atoms with Crippen molar-refractivity contribution in [1.29, 1.82) is 0 Å². The summed E-state index contributed by atoms with van der Waals surface area (Å²) < 4.78 is 6.48. The van der Waals surface area contributed by atoms with Gasteiger partial charge in [-0.2, -0.15) is 0 Å². The van der Waals surface area contributed by atoms with Gasteiger partial charge in [-0.1, -0.05) is 13.3 Å². The molecule has 2 fully saturated rings. The van der Waals surface area contributed by atoms with Gasteiger partial charge < -0.3 is 10.1 Å². The van der Waals surface area contributed by atoms with Gasteiger partial charge in [-0.05, 0) is 77.3 Å². The third kappa shape index (κ3) is 3.71. The molecule has 0 radical (unpaired) electrons. The van der Waals surface area contributed by atoms with Crippen LogP contribution < -0.4 is 5.32 Å². The first-order chi connectivity index (χ1) is 8.62. The Morgan fingerprint density at radius 1 is 1.00 bits per heavy atom. The van der Waals surface area contributed by atoms with E-state index in [0.29, 0.717) is 6.10 Å². The highest BCUT2D eigenvalue weighted by molar-refractivity contribution is 4.85. The summed E-state index contributed by atoms with van der Waals surface area (Å²) in [6.07, 6.45) is 9.75. The third-order valence-corrected chi connectivity index (χ3v) is 5.16. The van der Waals surface area contributed by atoms with Gasteiger partial charge in [0, 0.05) is 0 Å². The summed E-state index contributed by atoms with van der Waals surface area (Å²) in [5, 5.41) is 3.45. The van der Waals surface area contributed by atoms with E-state index in [1.807, 2.05) is 0 Å². The molecule has 0 aromatic heterocycles. The molecule has 106 valence electrons. The van der Waals surface area contributed by atoms with Crippen molar-refractivity contribution in [2.75, 3.05) is 13.1 Å². The molecule has 1 aliphatic carbocycles. The highest BCUT2D eigenvalue weighted by atomic mass is 16.5. The van der Waals surface area contributed by atoms with E-state index < -0.39 is 0 Å². The van der Waals surface area contributed by atoms with Gasteiger partial charge in [0.2, 0.25) is 0 Å². The van der Waals surface area contributed by atoms with Crippen LogP contribution in [0.2, 0.25) is 0 Å². The van der Waals surface area contributed by atoms with E-state index in [1.54, 1.807) is 0 Å². The first-order valence-electron chi connectivity index (χ1n) is 8.00. The van der Waals surface area contributed by atoms with Crippen molar-refractivity contribution in [3.63, 3.8) is 0 Å². The number of ether oxygens (including phenoxy) is 1. The van der Waals surface area contributed by atoms with Gasteiger partial charge in [0.05, 0.1) is 11.7 Å². The first-order valence-corrected chi connectivity index (χ1v) is 8.00. The van der Waals surface area contributed by atoms with E-state index in [9.17, 15) is 0 Å². The van der Waals surface area contributed by atoms with Gasteiger partial charge in [-0.15, -0.1) is 0 Å². The molecule has 18 heavy (non-hydrogen) atoms. The quantitative estimate of drug-likeness (QED) is 0.824. The van der Waals surface area contributed by atoms with Crippen LogP contribution in [0.3, 0.4) is 0 Å². The predicted molar refractivity (Wildman–Crippen MR) is 76.8 cm³/mol.